The average Bonchev–Trinajstić information content (AvgIpc) is 2.21. The van der Waals surface area contributed by atoms with Crippen LogP contribution in [0.1, 0.15) is 19.3 Å². The van der Waals surface area contributed by atoms with E-state index in [1.807, 2.05) is 18.2 Å². The van der Waals surface area contributed by atoms with E-state index in [0.29, 0.717) is 0 Å². The molecule has 80 valence electrons. The van der Waals surface area contributed by atoms with Crippen LogP contribution in [0.4, 0.5) is 0 Å². The molecule has 0 spiro atoms. The van der Waals surface area contributed by atoms with Gasteiger partial charge in [0.05, 0.1) is 0 Å². The van der Waals surface area contributed by atoms with Gasteiger partial charge in [-0.3, -0.25) is 0 Å². The SMILES string of the molecule is C=CCC[Si](O)(CCC=C)CCC=C. The molecule has 0 saturated carbocycles. The predicted octanol–water partition coefficient (Wildman–Crippen LogP) is 3.65. The van der Waals surface area contributed by atoms with E-state index in [4.69, 9.17) is 0 Å². The van der Waals surface area contributed by atoms with E-state index in [2.05, 4.69) is 19.7 Å². The second-order valence-electron chi connectivity index (χ2n) is 3.71. The summed E-state index contributed by atoms with van der Waals surface area (Å²) in [5, 5.41) is 0. The maximum absolute atomic E-state index is 10.4. The van der Waals surface area contributed by atoms with Gasteiger partial charge in [0.15, 0.2) is 8.32 Å². The quantitative estimate of drug-likeness (QED) is 0.455. The van der Waals surface area contributed by atoms with Gasteiger partial charge in [0.2, 0.25) is 0 Å². The minimum Gasteiger partial charge on any atom is -0.432 e. The largest absolute Gasteiger partial charge is 0.432 e. The van der Waals surface area contributed by atoms with Crippen molar-refractivity contribution in [1.29, 1.82) is 0 Å². The Labute approximate surface area is 89.0 Å². The Morgan fingerprint density at radius 1 is 0.786 bits per heavy atom. The number of rotatable bonds is 9. The molecule has 0 atom stereocenters. The molecule has 0 heterocycles. The highest BCUT2D eigenvalue weighted by molar-refractivity contribution is 6.72. The normalized spacial score (nSPS) is 10.9. The molecule has 0 bridgehead atoms. The first-order valence-corrected chi connectivity index (χ1v) is 7.80. The van der Waals surface area contributed by atoms with E-state index in [1.165, 1.54) is 0 Å². The lowest BCUT2D eigenvalue weighted by Crippen LogP contribution is -2.33. The maximum atomic E-state index is 10.4. The van der Waals surface area contributed by atoms with E-state index in [0.717, 1.165) is 37.4 Å². The fourth-order valence-corrected chi connectivity index (χ4v) is 4.46. The average molecular weight is 210 g/mol. The van der Waals surface area contributed by atoms with Crippen molar-refractivity contribution in [1.82, 2.24) is 0 Å². The first-order chi connectivity index (χ1) is 6.68. The van der Waals surface area contributed by atoms with Crippen molar-refractivity contribution in [3.8, 4) is 0 Å². The van der Waals surface area contributed by atoms with Gasteiger partial charge in [-0.25, -0.2) is 0 Å². The van der Waals surface area contributed by atoms with Gasteiger partial charge < -0.3 is 4.80 Å². The molecule has 2 heteroatoms. The van der Waals surface area contributed by atoms with Crippen molar-refractivity contribution in [2.45, 2.75) is 37.4 Å². The molecule has 1 nitrogen and oxygen atoms in total. The molecule has 0 aliphatic rings. The molecule has 0 saturated heterocycles. The van der Waals surface area contributed by atoms with E-state index < -0.39 is 8.32 Å². The van der Waals surface area contributed by atoms with Crippen LogP contribution in [0.15, 0.2) is 38.0 Å². The van der Waals surface area contributed by atoms with Gasteiger partial charge >= 0.3 is 0 Å². The molecule has 0 rings (SSSR count). The summed E-state index contributed by atoms with van der Waals surface area (Å²) in [6.45, 7) is 11.1. The fourth-order valence-electron chi connectivity index (χ4n) is 1.49. The molecule has 0 unspecified atom stereocenters. The van der Waals surface area contributed by atoms with Gasteiger partial charge in [-0.2, -0.15) is 0 Å². The Balaban J connectivity index is 4.07. The zero-order chi connectivity index (χ0) is 10.9. The van der Waals surface area contributed by atoms with Gasteiger partial charge in [-0.1, -0.05) is 18.2 Å². The zero-order valence-electron chi connectivity index (χ0n) is 9.04. The molecule has 0 aromatic heterocycles. The lowest BCUT2D eigenvalue weighted by Gasteiger charge is -2.23. The zero-order valence-corrected chi connectivity index (χ0v) is 10.0. The van der Waals surface area contributed by atoms with Gasteiger partial charge in [0.25, 0.3) is 0 Å². The highest BCUT2D eigenvalue weighted by atomic mass is 28.4. The van der Waals surface area contributed by atoms with Crippen molar-refractivity contribution < 1.29 is 4.80 Å². The van der Waals surface area contributed by atoms with E-state index in [1.54, 1.807) is 0 Å². The molecule has 1 N–H and O–H groups in total. The van der Waals surface area contributed by atoms with Gasteiger partial charge in [-0.15, -0.1) is 19.7 Å². The molecule has 0 fully saturated rings. The van der Waals surface area contributed by atoms with Crippen LogP contribution in [0.2, 0.25) is 18.1 Å². The molecule has 0 aromatic carbocycles. The number of hydrogen-bond acceptors (Lipinski definition) is 1. The summed E-state index contributed by atoms with van der Waals surface area (Å²) >= 11 is 0. The van der Waals surface area contributed by atoms with Crippen LogP contribution < -0.4 is 0 Å². The molecule has 0 aliphatic heterocycles. The minimum atomic E-state index is -2.03. The van der Waals surface area contributed by atoms with Crippen LogP contribution >= 0.6 is 0 Å². The molecule has 0 aliphatic carbocycles. The van der Waals surface area contributed by atoms with E-state index in [-0.39, 0.29) is 0 Å². The van der Waals surface area contributed by atoms with Crippen molar-refractivity contribution in [3.05, 3.63) is 38.0 Å². The molecule has 14 heavy (non-hydrogen) atoms. The molecule has 0 aromatic rings. The van der Waals surface area contributed by atoms with Gasteiger partial charge in [0.1, 0.15) is 0 Å². The second-order valence-corrected chi connectivity index (χ2v) is 7.66. The maximum Gasteiger partial charge on any atom is 0.189 e. The van der Waals surface area contributed by atoms with Crippen molar-refractivity contribution in [2.24, 2.45) is 0 Å². The molecular weight excluding hydrogens is 188 g/mol. The van der Waals surface area contributed by atoms with Crippen LogP contribution in [-0.2, 0) is 0 Å². The monoisotopic (exact) mass is 210 g/mol. The summed E-state index contributed by atoms with van der Waals surface area (Å²) in [7, 11) is -2.03. The lowest BCUT2D eigenvalue weighted by atomic mass is 10.5. The van der Waals surface area contributed by atoms with Crippen LogP contribution in [0.3, 0.4) is 0 Å². The van der Waals surface area contributed by atoms with Crippen LogP contribution in [0.5, 0.6) is 0 Å². The fraction of sp³-hybridized carbons (Fsp3) is 0.500. The van der Waals surface area contributed by atoms with Crippen molar-refractivity contribution in [2.75, 3.05) is 0 Å². The summed E-state index contributed by atoms with van der Waals surface area (Å²) < 4.78 is 0. The molecular formula is C12H22OSi. The standard InChI is InChI=1S/C12H22OSi/c1-4-7-10-14(13,11-8-5-2)12-9-6-3/h4-6,13H,1-3,7-12H2. The third kappa shape index (κ3) is 5.94. The second kappa shape index (κ2) is 7.77. The number of allylic oxidation sites excluding steroid dienone is 3. The van der Waals surface area contributed by atoms with Gasteiger partial charge in [0, 0.05) is 0 Å². The Hall–Kier alpha value is -0.603. The third-order valence-electron chi connectivity index (χ3n) is 2.44. The predicted molar refractivity (Wildman–Crippen MR) is 66.8 cm³/mol. The topological polar surface area (TPSA) is 20.2 Å². The highest BCUT2D eigenvalue weighted by Crippen LogP contribution is 2.23. The molecule has 0 radical (unpaired) electrons. The third-order valence-corrected chi connectivity index (χ3v) is 6.10. The van der Waals surface area contributed by atoms with Crippen molar-refractivity contribution in [3.63, 3.8) is 0 Å². The first-order valence-electron chi connectivity index (χ1n) is 5.23. The summed E-state index contributed by atoms with van der Waals surface area (Å²) in [4.78, 5) is 10.4. The smallest absolute Gasteiger partial charge is 0.189 e. The Kier molecular flexibility index (Phi) is 7.43. The van der Waals surface area contributed by atoms with E-state index >= 15 is 0 Å². The van der Waals surface area contributed by atoms with Crippen LogP contribution in [-0.4, -0.2) is 13.1 Å². The minimum absolute atomic E-state index is 0.928. The summed E-state index contributed by atoms with van der Waals surface area (Å²) in [6.07, 6.45) is 8.45. The van der Waals surface area contributed by atoms with Crippen LogP contribution in [0, 0.1) is 0 Å². The van der Waals surface area contributed by atoms with E-state index in [9.17, 15) is 4.80 Å². The Bertz CT molecular complexity index is 155. The number of hydrogen-bond donors (Lipinski definition) is 1. The Morgan fingerprint density at radius 3 is 1.29 bits per heavy atom. The Morgan fingerprint density at radius 2 is 1.07 bits per heavy atom. The van der Waals surface area contributed by atoms with Crippen molar-refractivity contribution >= 4 is 8.32 Å². The highest BCUT2D eigenvalue weighted by Gasteiger charge is 2.27. The summed E-state index contributed by atoms with van der Waals surface area (Å²) in [6, 6.07) is 2.79. The van der Waals surface area contributed by atoms with Gasteiger partial charge in [-0.05, 0) is 37.4 Å². The van der Waals surface area contributed by atoms with Crippen LogP contribution in [0.25, 0.3) is 0 Å². The molecule has 0 amide bonds. The first kappa shape index (κ1) is 13.4. The summed E-state index contributed by atoms with van der Waals surface area (Å²) in [5.74, 6) is 0. The summed E-state index contributed by atoms with van der Waals surface area (Å²) in [5.41, 5.74) is 0. The lowest BCUT2D eigenvalue weighted by molar-refractivity contribution is 0.522.